The standard InChI is InChI=1S/C13H25NO4/c1-6-10(7-8-11(16)9-15)14(5)12(17)18-13(2,3)4/h10,15H,6-9H2,1-5H3/t10-/m1/s1. The second kappa shape index (κ2) is 7.36. The van der Waals surface area contributed by atoms with Crippen LogP contribution in [0.2, 0.25) is 0 Å². The van der Waals surface area contributed by atoms with Crippen molar-refractivity contribution in [3.63, 3.8) is 0 Å². The minimum atomic E-state index is -0.523. The Hall–Kier alpha value is -1.10. The summed E-state index contributed by atoms with van der Waals surface area (Å²) >= 11 is 0. The Morgan fingerprint density at radius 2 is 1.89 bits per heavy atom. The van der Waals surface area contributed by atoms with Gasteiger partial charge in [0.15, 0.2) is 5.78 Å². The number of aliphatic hydroxyl groups is 1. The van der Waals surface area contributed by atoms with Gasteiger partial charge in [-0.15, -0.1) is 0 Å². The maximum Gasteiger partial charge on any atom is 0.410 e. The molecule has 0 bridgehead atoms. The normalized spacial score (nSPS) is 13.0. The van der Waals surface area contributed by atoms with Crippen LogP contribution in [-0.2, 0) is 9.53 Å². The van der Waals surface area contributed by atoms with Gasteiger partial charge in [0.1, 0.15) is 12.2 Å². The van der Waals surface area contributed by atoms with Crippen molar-refractivity contribution >= 4 is 11.9 Å². The van der Waals surface area contributed by atoms with Crippen molar-refractivity contribution in [1.29, 1.82) is 0 Å². The fourth-order valence-corrected chi connectivity index (χ4v) is 1.56. The Labute approximate surface area is 109 Å². The van der Waals surface area contributed by atoms with E-state index in [9.17, 15) is 9.59 Å². The molecule has 5 heteroatoms. The highest BCUT2D eigenvalue weighted by Crippen LogP contribution is 2.15. The monoisotopic (exact) mass is 259 g/mol. The van der Waals surface area contributed by atoms with E-state index in [1.165, 1.54) is 4.90 Å². The van der Waals surface area contributed by atoms with Crippen molar-refractivity contribution < 1.29 is 19.4 Å². The van der Waals surface area contributed by atoms with E-state index >= 15 is 0 Å². The van der Waals surface area contributed by atoms with Crippen molar-refractivity contribution in [3.05, 3.63) is 0 Å². The van der Waals surface area contributed by atoms with Gasteiger partial charge in [-0.3, -0.25) is 4.79 Å². The molecular formula is C13H25NO4. The number of Topliss-reactive ketones (excluding diaryl/α,β-unsaturated/α-hetero) is 1. The Morgan fingerprint density at radius 1 is 1.33 bits per heavy atom. The Bertz CT molecular complexity index is 283. The highest BCUT2D eigenvalue weighted by atomic mass is 16.6. The summed E-state index contributed by atoms with van der Waals surface area (Å²) in [6, 6.07) is -0.0460. The summed E-state index contributed by atoms with van der Waals surface area (Å²) in [5.41, 5.74) is -0.523. The molecule has 0 aliphatic heterocycles. The van der Waals surface area contributed by atoms with Gasteiger partial charge in [0.05, 0.1) is 0 Å². The maximum atomic E-state index is 11.8. The van der Waals surface area contributed by atoms with E-state index < -0.39 is 12.2 Å². The Morgan fingerprint density at radius 3 is 2.28 bits per heavy atom. The number of rotatable bonds is 6. The molecule has 18 heavy (non-hydrogen) atoms. The van der Waals surface area contributed by atoms with Crippen LogP contribution in [-0.4, -0.2) is 47.2 Å². The summed E-state index contributed by atoms with van der Waals surface area (Å²) in [5.74, 6) is -0.203. The van der Waals surface area contributed by atoms with Crippen LogP contribution in [0.4, 0.5) is 4.79 Å². The van der Waals surface area contributed by atoms with Gasteiger partial charge in [-0.05, 0) is 33.6 Å². The number of hydrogen-bond donors (Lipinski definition) is 1. The lowest BCUT2D eigenvalue weighted by atomic mass is 10.1. The van der Waals surface area contributed by atoms with Gasteiger partial charge in [0.25, 0.3) is 0 Å². The number of hydrogen-bond acceptors (Lipinski definition) is 4. The average Bonchev–Trinajstić information content (AvgIpc) is 2.26. The molecule has 106 valence electrons. The van der Waals surface area contributed by atoms with Gasteiger partial charge in [-0.1, -0.05) is 6.92 Å². The van der Waals surface area contributed by atoms with Crippen LogP contribution in [0.5, 0.6) is 0 Å². The van der Waals surface area contributed by atoms with E-state index in [-0.39, 0.29) is 24.3 Å². The lowest BCUT2D eigenvalue weighted by Gasteiger charge is -2.30. The second-order valence-electron chi connectivity index (χ2n) is 5.39. The molecule has 0 heterocycles. The number of amides is 1. The van der Waals surface area contributed by atoms with Gasteiger partial charge in [0.2, 0.25) is 0 Å². The molecule has 1 N–H and O–H groups in total. The molecule has 0 rings (SSSR count). The van der Waals surface area contributed by atoms with E-state index in [2.05, 4.69) is 0 Å². The largest absolute Gasteiger partial charge is 0.444 e. The first-order chi connectivity index (χ1) is 8.21. The zero-order valence-corrected chi connectivity index (χ0v) is 12.0. The molecule has 1 atom stereocenters. The molecule has 0 unspecified atom stereocenters. The minimum Gasteiger partial charge on any atom is -0.444 e. The van der Waals surface area contributed by atoms with Crippen LogP contribution >= 0.6 is 0 Å². The van der Waals surface area contributed by atoms with E-state index in [0.29, 0.717) is 6.42 Å². The van der Waals surface area contributed by atoms with Crippen molar-refractivity contribution in [2.75, 3.05) is 13.7 Å². The summed E-state index contributed by atoms with van der Waals surface area (Å²) in [7, 11) is 1.67. The maximum absolute atomic E-state index is 11.8. The average molecular weight is 259 g/mol. The third kappa shape index (κ3) is 6.59. The molecule has 5 nitrogen and oxygen atoms in total. The van der Waals surface area contributed by atoms with E-state index in [1.807, 2.05) is 27.7 Å². The highest BCUT2D eigenvalue weighted by molar-refractivity contribution is 5.79. The molecule has 0 aliphatic rings. The van der Waals surface area contributed by atoms with Gasteiger partial charge in [-0.25, -0.2) is 4.79 Å². The number of carbonyl (C=O) groups excluding carboxylic acids is 2. The molecule has 0 fully saturated rings. The van der Waals surface area contributed by atoms with E-state index in [1.54, 1.807) is 7.05 Å². The molecule has 0 aliphatic carbocycles. The SMILES string of the molecule is CC[C@H](CCC(=O)CO)N(C)C(=O)OC(C)(C)C. The Balaban J connectivity index is 4.37. The summed E-state index contributed by atoms with van der Waals surface area (Å²) in [5, 5.41) is 8.67. The van der Waals surface area contributed by atoms with Crippen LogP contribution in [0.3, 0.4) is 0 Å². The summed E-state index contributed by atoms with van der Waals surface area (Å²) in [4.78, 5) is 24.4. The molecule has 0 saturated heterocycles. The molecule has 0 radical (unpaired) electrons. The molecule has 0 aromatic carbocycles. The first-order valence-corrected chi connectivity index (χ1v) is 6.29. The van der Waals surface area contributed by atoms with Crippen LogP contribution in [0.1, 0.15) is 47.0 Å². The quantitative estimate of drug-likeness (QED) is 0.792. The van der Waals surface area contributed by atoms with Crippen molar-refractivity contribution in [2.24, 2.45) is 0 Å². The van der Waals surface area contributed by atoms with E-state index in [0.717, 1.165) is 6.42 Å². The lowest BCUT2D eigenvalue weighted by molar-refractivity contribution is -0.122. The summed E-state index contributed by atoms with van der Waals surface area (Å²) in [6.45, 7) is 6.96. The van der Waals surface area contributed by atoms with Gasteiger partial charge < -0.3 is 14.7 Å². The Kier molecular flexibility index (Phi) is 6.91. The summed E-state index contributed by atoms with van der Waals surface area (Å²) in [6.07, 6.45) is 1.19. The van der Waals surface area contributed by atoms with Crippen molar-refractivity contribution in [3.8, 4) is 0 Å². The third-order valence-corrected chi connectivity index (χ3v) is 2.63. The fourth-order valence-electron chi connectivity index (χ4n) is 1.56. The van der Waals surface area contributed by atoms with Crippen LogP contribution in [0.15, 0.2) is 0 Å². The fraction of sp³-hybridized carbons (Fsp3) is 0.846. The van der Waals surface area contributed by atoms with Crippen molar-refractivity contribution in [1.82, 2.24) is 4.90 Å². The number of aliphatic hydroxyl groups excluding tert-OH is 1. The van der Waals surface area contributed by atoms with Crippen molar-refractivity contribution in [2.45, 2.75) is 58.6 Å². The molecule has 0 aromatic rings. The highest BCUT2D eigenvalue weighted by Gasteiger charge is 2.24. The number of ether oxygens (including phenoxy) is 1. The number of ketones is 1. The molecule has 0 aromatic heterocycles. The zero-order chi connectivity index (χ0) is 14.3. The van der Waals surface area contributed by atoms with Crippen LogP contribution < -0.4 is 0 Å². The van der Waals surface area contributed by atoms with E-state index in [4.69, 9.17) is 9.84 Å². The predicted octanol–water partition coefficient (Wildman–Crippen LogP) is 1.97. The third-order valence-electron chi connectivity index (χ3n) is 2.63. The smallest absolute Gasteiger partial charge is 0.410 e. The molecular weight excluding hydrogens is 234 g/mol. The van der Waals surface area contributed by atoms with Gasteiger partial charge in [-0.2, -0.15) is 0 Å². The topological polar surface area (TPSA) is 66.8 Å². The minimum absolute atomic E-state index is 0.0460. The predicted molar refractivity (Wildman–Crippen MR) is 69.4 cm³/mol. The molecule has 0 saturated carbocycles. The second-order valence-corrected chi connectivity index (χ2v) is 5.39. The van der Waals surface area contributed by atoms with Crippen LogP contribution in [0.25, 0.3) is 0 Å². The van der Waals surface area contributed by atoms with Gasteiger partial charge in [0, 0.05) is 19.5 Å². The number of carbonyl (C=O) groups is 2. The lowest BCUT2D eigenvalue weighted by Crippen LogP contribution is -2.40. The number of nitrogens with zero attached hydrogens (tertiary/aromatic N) is 1. The summed E-state index contributed by atoms with van der Waals surface area (Å²) < 4.78 is 5.27. The van der Waals surface area contributed by atoms with Crippen LogP contribution in [0, 0.1) is 0 Å². The zero-order valence-electron chi connectivity index (χ0n) is 12.0. The molecule has 0 spiro atoms. The molecule has 1 amide bonds. The first-order valence-electron chi connectivity index (χ1n) is 6.29. The van der Waals surface area contributed by atoms with Gasteiger partial charge >= 0.3 is 6.09 Å². The first kappa shape index (κ1) is 16.9.